The van der Waals surface area contributed by atoms with E-state index in [1.54, 1.807) is 6.07 Å². The Morgan fingerprint density at radius 2 is 2.00 bits per heavy atom. The molecule has 3 heteroatoms. The average Bonchev–Trinajstić information content (AvgIpc) is 2.25. The van der Waals surface area contributed by atoms with Crippen molar-refractivity contribution < 1.29 is 9.50 Å². The van der Waals surface area contributed by atoms with Gasteiger partial charge in [-0.25, -0.2) is 4.39 Å². The maximum Gasteiger partial charge on any atom is 0.123 e. The molecule has 0 amide bonds. The van der Waals surface area contributed by atoms with Gasteiger partial charge in [-0.3, -0.25) is 0 Å². The standard InChI is InChI=1S/C13H20FNO/c1-9(2)13(8-16)15-10(3)11-5-4-6-12(14)7-11/h4-7,9-10,13,15-16H,8H2,1-3H3/t10-,13-/m0/s1. The molecule has 0 fully saturated rings. The minimum atomic E-state index is -0.226. The van der Waals surface area contributed by atoms with Crippen molar-refractivity contribution in [3.8, 4) is 0 Å². The second-order valence-corrected chi connectivity index (χ2v) is 4.48. The van der Waals surface area contributed by atoms with Crippen molar-refractivity contribution in [2.24, 2.45) is 5.92 Å². The lowest BCUT2D eigenvalue weighted by molar-refractivity contribution is 0.201. The van der Waals surface area contributed by atoms with E-state index in [4.69, 9.17) is 0 Å². The van der Waals surface area contributed by atoms with Gasteiger partial charge in [0.2, 0.25) is 0 Å². The molecule has 0 aromatic heterocycles. The first kappa shape index (κ1) is 13.1. The molecule has 0 heterocycles. The maximum absolute atomic E-state index is 13.0. The molecule has 0 aliphatic rings. The summed E-state index contributed by atoms with van der Waals surface area (Å²) in [6.45, 7) is 6.16. The highest BCUT2D eigenvalue weighted by Crippen LogP contribution is 2.15. The van der Waals surface area contributed by atoms with Crippen LogP contribution in [-0.2, 0) is 0 Å². The first-order valence-electron chi connectivity index (χ1n) is 5.67. The van der Waals surface area contributed by atoms with Gasteiger partial charge in [0.1, 0.15) is 5.82 Å². The molecule has 0 saturated heterocycles. The third-order valence-electron chi connectivity index (χ3n) is 2.81. The van der Waals surface area contributed by atoms with E-state index in [1.807, 2.05) is 26.8 Å². The Bertz CT molecular complexity index is 327. The Balaban J connectivity index is 2.67. The Morgan fingerprint density at radius 3 is 2.50 bits per heavy atom. The fourth-order valence-electron chi connectivity index (χ4n) is 1.65. The van der Waals surface area contributed by atoms with Crippen molar-refractivity contribution in [3.63, 3.8) is 0 Å². The molecule has 0 unspecified atom stereocenters. The van der Waals surface area contributed by atoms with E-state index >= 15 is 0 Å². The number of aliphatic hydroxyl groups is 1. The minimum absolute atomic E-state index is 0.0373. The van der Waals surface area contributed by atoms with Gasteiger partial charge in [-0.05, 0) is 30.5 Å². The maximum atomic E-state index is 13.0. The molecule has 0 spiro atoms. The van der Waals surface area contributed by atoms with Crippen LogP contribution < -0.4 is 5.32 Å². The molecular formula is C13H20FNO. The van der Waals surface area contributed by atoms with Crippen molar-refractivity contribution >= 4 is 0 Å². The number of nitrogens with one attached hydrogen (secondary N) is 1. The SMILES string of the molecule is CC(C)[C@H](CO)N[C@@H](C)c1cccc(F)c1. The molecule has 0 aliphatic heterocycles. The van der Waals surface area contributed by atoms with Gasteiger partial charge in [0.15, 0.2) is 0 Å². The quantitative estimate of drug-likeness (QED) is 0.807. The molecule has 2 N–H and O–H groups in total. The third kappa shape index (κ3) is 3.58. The van der Waals surface area contributed by atoms with Crippen molar-refractivity contribution in [1.82, 2.24) is 5.32 Å². The summed E-state index contributed by atoms with van der Waals surface area (Å²) >= 11 is 0. The van der Waals surface area contributed by atoms with Crippen LogP contribution in [0.1, 0.15) is 32.4 Å². The van der Waals surface area contributed by atoms with Gasteiger partial charge in [0, 0.05) is 12.1 Å². The normalized spacial score (nSPS) is 15.1. The van der Waals surface area contributed by atoms with Gasteiger partial charge in [-0.15, -0.1) is 0 Å². The van der Waals surface area contributed by atoms with E-state index in [2.05, 4.69) is 5.32 Å². The van der Waals surface area contributed by atoms with Crippen LogP contribution in [0.2, 0.25) is 0 Å². The fraction of sp³-hybridized carbons (Fsp3) is 0.538. The Morgan fingerprint density at radius 1 is 1.31 bits per heavy atom. The molecule has 2 atom stereocenters. The van der Waals surface area contributed by atoms with Crippen LogP contribution >= 0.6 is 0 Å². The summed E-state index contributed by atoms with van der Waals surface area (Å²) in [5.74, 6) is 0.122. The molecule has 0 saturated carbocycles. The summed E-state index contributed by atoms with van der Waals surface area (Å²) in [5.41, 5.74) is 0.902. The van der Waals surface area contributed by atoms with Crippen molar-refractivity contribution in [3.05, 3.63) is 35.6 Å². The molecule has 2 nitrogen and oxygen atoms in total. The van der Waals surface area contributed by atoms with Gasteiger partial charge in [-0.2, -0.15) is 0 Å². The van der Waals surface area contributed by atoms with E-state index in [1.165, 1.54) is 12.1 Å². The second-order valence-electron chi connectivity index (χ2n) is 4.48. The average molecular weight is 225 g/mol. The number of aliphatic hydroxyl groups excluding tert-OH is 1. The smallest absolute Gasteiger partial charge is 0.123 e. The van der Waals surface area contributed by atoms with Gasteiger partial charge in [0.25, 0.3) is 0 Å². The summed E-state index contributed by atoms with van der Waals surface area (Å²) in [6, 6.07) is 6.62. The first-order chi connectivity index (χ1) is 7.54. The lowest BCUT2D eigenvalue weighted by Crippen LogP contribution is -2.38. The van der Waals surface area contributed by atoms with Crippen LogP contribution in [0, 0.1) is 11.7 Å². The van der Waals surface area contributed by atoms with Crippen LogP contribution in [0.4, 0.5) is 4.39 Å². The zero-order chi connectivity index (χ0) is 12.1. The highest BCUT2D eigenvalue weighted by Gasteiger charge is 2.15. The number of hydrogen-bond acceptors (Lipinski definition) is 2. The summed E-state index contributed by atoms with van der Waals surface area (Å²) in [4.78, 5) is 0. The monoisotopic (exact) mass is 225 g/mol. The molecule has 1 rings (SSSR count). The van der Waals surface area contributed by atoms with Crippen molar-refractivity contribution in [2.45, 2.75) is 32.9 Å². The summed E-state index contributed by atoms with van der Waals surface area (Å²) in [6.07, 6.45) is 0. The molecule has 16 heavy (non-hydrogen) atoms. The summed E-state index contributed by atoms with van der Waals surface area (Å²) in [5, 5.41) is 12.5. The Kier molecular flexibility index (Phi) is 4.90. The van der Waals surface area contributed by atoms with E-state index < -0.39 is 0 Å². The predicted molar refractivity (Wildman–Crippen MR) is 63.7 cm³/mol. The second kappa shape index (κ2) is 5.97. The largest absolute Gasteiger partial charge is 0.395 e. The zero-order valence-electron chi connectivity index (χ0n) is 10.1. The number of benzene rings is 1. The molecule has 1 aromatic carbocycles. The lowest BCUT2D eigenvalue weighted by atomic mass is 10.0. The van der Waals surface area contributed by atoms with Crippen LogP contribution in [0.3, 0.4) is 0 Å². The Labute approximate surface area is 96.5 Å². The predicted octanol–water partition coefficient (Wildman–Crippen LogP) is 2.49. The van der Waals surface area contributed by atoms with Crippen LogP contribution in [-0.4, -0.2) is 17.8 Å². The zero-order valence-corrected chi connectivity index (χ0v) is 10.1. The third-order valence-corrected chi connectivity index (χ3v) is 2.81. The first-order valence-corrected chi connectivity index (χ1v) is 5.67. The van der Waals surface area contributed by atoms with Crippen LogP contribution in [0.5, 0.6) is 0 Å². The Hall–Kier alpha value is -0.930. The van der Waals surface area contributed by atoms with E-state index in [0.717, 1.165) is 5.56 Å². The molecule has 1 aromatic rings. The molecule has 0 bridgehead atoms. The van der Waals surface area contributed by atoms with E-state index in [-0.39, 0.29) is 24.5 Å². The number of hydrogen-bond donors (Lipinski definition) is 2. The van der Waals surface area contributed by atoms with Crippen LogP contribution in [0.15, 0.2) is 24.3 Å². The van der Waals surface area contributed by atoms with Gasteiger partial charge < -0.3 is 10.4 Å². The number of halogens is 1. The van der Waals surface area contributed by atoms with Crippen molar-refractivity contribution in [2.75, 3.05) is 6.61 Å². The highest BCUT2D eigenvalue weighted by atomic mass is 19.1. The van der Waals surface area contributed by atoms with Gasteiger partial charge >= 0.3 is 0 Å². The number of rotatable bonds is 5. The molecular weight excluding hydrogens is 205 g/mol. The fourth-order valence-corrected chi connectivity index (χ4v) is 1.65. The van der Waals surface area contributed by atoms with E-state index in [9.17, 15) is 9.50 Å². The van der Waals surface area contributed by atoms with E-state index in [0.29, 0.717) is 5.92 Å². The van der Waals surface area contributed by atoms with Gasteiger partial charge in [-0.1, -0.05) is 26.0 Å². The highest BCUT2D eigenvalue weighted by molar-refractivity contribution is 5.19. The molecule has 0 radical (unpaired) electrons. The molecule has 0 aliphatic carbocycles. The summed E-state index contributed by atoms with van der Waals surface area (Å²) < 4.78 is 13.0. The summed E-state index contributed by atoms with van der Waals surface area (Å²) in [7, 11) is 0. The van der Waals surface area contributed by atoms with Gasteiger partial charge in [0.05, 0.1) is 6.61 Å². The van der Waals surface area contributed by atoms with Crippen molar-refractivity contribution in [1.29, 1.82) is 0 Å². The van der Waals surface area contributed by atoms with Crippen LogP contribution in [0.25, 0.3) is 0 Å². The lowest BCUT2D eigenvalue weighted by Gasteiger charge is -2.25. The minimum Gasteiger partial charge on any atom is -0.395 e. The molecule has 90 valence electrons. The topological polar surface area (TPSA) is 32.3 Å².